The van der Waals surface area contributed by atoms with Crippen molar-refractivity contribution in [2.24, 2.45) is 0 Å². The maximum Gasteiger partial charge on any atom is 1.00 e. The number of ether oxygens (including phenoxy) is 2. The van der Waals surface area contributed by atoms with E-state index < -0.39 is 74.3 Å². The van der Waals surface area contributed by atoms with Crippen LogP contribution < -0.4 is 51.6 Å². The summed E-state index contributed by atoms with van der Waals surface area (Å²) in [7, 11) is -4.69. The molecule has 0 saturated carbocycles. The maximum absolute atomic E-state index is 11.7. The van der Waals surface area contributed by atoms with E-state index in [2.05, 4.69) is 291 Å². The number of esters is 1. The monoisotopic (exact) mass is 2600 g/mol. The Morgan fingerprint density at radius 3 is 1.19 bits per heavy atom. The number of hydrogen-bond donors (Lipinski definition) is 3. The van der Waals surface area contributed by atoms with Gasteiger partial charge in [-0.15, -0.1) is 79.6 Å². The third kappa shape index (κ3) is 54.5. The van der Waals surface area contributed by atoms with Crippen molar-refractivity contribution in [2.75, 3.05) is 19.6 Å². The van der Waals surface area contributed by atoms with Crippen LogP contribution >= 0.6 is 154 Å². The molecular weight excluding hydrogens is 2440 g/mol. The van der Waals surface area contributed by atoms with Crippen LogP contribution in [0.5, 0.6) is 0 Å². The number of carboxylic acid groups (broad SMARTS) is 1. The topological polar surface area (TPSA) is 276 Å². The first-order valence-electron chi connectivity index (χ1n) is 49.0. The van der Waals surface area contributed by atoms with Crippen LogP contribution in [0.2, 0.25) is 105 Å². The van der Waals surface area contributed by atoms with Crippen LogP contribution in [-0.4, -0.2) is 178 Å². The van der Waals surface area contributed by atoms with Gasteiger partial charge in [-0.2, -0.15) is 34.1 Å². The van der Waals surface area contributed by atoms with Crippen molar-refractivity contribution in [2.45, 2.75) is 354 Å². The predicted molar refractivity (Wildman–Crippen MR) is 626 cm³/mol. The van der Waals surface area contributed by atoms with E-state index in [9.17, 15) is 28.8 Å². The molecule has 1 unspecified atom stereocenters. The van der Waals surface area contributed by atoms with Gasteiger partial charge in [0.25, 0.3) is 0 Å². The Hall–Kier alpha value is -1.52. The van der Waals surface area contributed by atoms with Gasteiger partial charge in [0, 0.05) is 93.2 Å². The molecule has 772 valence electrons. The molecule has 1 atom stereocenters. The summed E-state index contributed by atoms with van der Waals surface area (Å²) >= 11 is 29.0. The van der Waals surface area contributed by atoms with Crippen LogP contribution in [0.1, 0.15) is 290 Å². The van der Waals surface area contributed by atoms with Gasteiger partial charge in [-0.25, -0.2) is 39.5 Å². The molecule has 0 aliphatic heterocycles. The van der Waals surface area contributed by atoms with Gasteiger partial charge in [0.05, 0.1) is 66.7 Å². The molecule has 0 amide bonds. The van der Waals surface area contributed by atoms with Crippen molar-refractivity contribution >= 4 is 289 Å². The summed E-state index contributed by atoms with van der Waals surface area (Å²) in [6, 6.07) is 0. The number of aromatic nitrogens is 10. The second-order valence-corrected chi connectivity index (χ2v) is 97.3. The average molecular weight is 2610 g/mol. The first-order chi connectivity index (χ1) is 65.3. The Morgan fingerprint density at radius 1 is 0.471 bits per heavy atom. The number of allylic oxidation sites excluding steroid dienone is 9. The van der Waals surface area contributed by atoms with Crippen molar-refractivity contribution in [1.82, 2.24) is 50.3 Å². The molecule has 0 bridgehead atoms. The molecule has 3 N–H and O–H groups in total. The SMILES string of the molecule is Brc1csc(Br)n1.CCC[CH2][Sn]([CH2]CCC)([CH2]CCC)[C]1=CC(=O)CC1.CCC[CH2][Sn]([CH2]CCC)([CH2]CCC)[C]1=CC(=O)CC1.CCOC(=O)c1n[nH]c2c1CC(c1cscn1)=C2.CCOC1=CC(=O)CC1.CCl.C[Si](C)(C)Cl.C[Si](C)(C)c1nc(Br)cs1.C[Si](C)(C)c1nc(Br)cs1.C[Si](C)(C)c1nc(C2=CC(=O)CC2)cs1.O=C(O)c1n[nH]c2c1CC(c1cscn1)C2.[CH2-]CCC.[CH2-]CCC.[Li+].[Li+]. The van der Waals surface area contributed by atoms with Gasteiger partial charge in [0.2, 0.25) is 0 Å². The zero-order valence-electron chi connectivity index (χ0n) is 88.8. The normalized spacial score (nSPS) is 14.2. The molecule has 8 aromatic rings. The Bertz CT molecular complexity index is 4840. The van der Waals surface area contributed by atoms with E-state index in [4.69, 9.17) is 25.7 Å². The molecule has 140 heavy (non-hydrogen) atoms. The fraction of sp³-hybridized carbons (Fsp3) is 0.584. The summed E-state index contributed by atoms with van der Waals surface area (Å²) in [5, 5.41) is 34.6. The number of fused-ring (bicyclic) bond motifs is 2. The zero-order chi connectivity index (χ0) is 104. The minimum absolute atomic E-state index is 0. The Labute approximate surface area is 945 Å². The third-order valence-corrected chi connectivity index (χ3v) is 72.1. The maximum atomic E-state index is 11.7. The van der Waals surface area contributed by atoms with E-state index in [0.717, 1.165) is 138 Å². The van der Waals surface area contributed by atoms with E-state index in [1.165, 1.54) is 137 Å². The number of thiazole rings is 6. The standard InChI is InChI=1S/C12H11N3O2S.C11H15NOSSi.C10H9N3O2S.C7H10O2.2C6H10BrNSSi.2C5H5O.8C4H9.C3HBr2NS.C3H9ClSi.CH3Cl.2Li.2Sn/c1-2-17-12(16)11-8-3-7(4-9(8)14-15-11)10-5-18-6-13-10;1-15(2,3)11-12-10(7-14-11)8-4-5-9(13)6-8;14-10(15)9-6-1-5(2-7(6)12-13-9)8-3-16-4-11-8;1-2-9-7-4-3-6(8)5-7;2*1-10(2,3)6-8-5(7)4-9-6;2*6-5-3-1-2-4-5;8*1-3-4-2;4-2-1-7-3(5)6-2;1-5(2,3)4;1-2;;;;/h4-6H,2-3H2,1H3,(H,14,15);6-7H,4-5H2,1-3H3;3-5H,1-2H2,(H,12,13)(H,14,15);5H,2-4H2,1H3;2*4H,1-3H3;2*4H,1,3H2;8*1,3-4H2,2H3;1H;1-3H3;1H3;;;;/q;;;;;;;;;;;;;;2*-1;;;;2*+1;;. The summed E-state index contributed by atoms with van der Waals surface area (Å²) in [6.07, 6.45) is 40.9. The average Bonchev–Trinajstić information content (AvgIpc) is 1.64. The van der Waals surface area contributed by atoms with Crippen molar-refractivity contribution in [1.29, 1.82) is 0 Å². The number of hydrogen-bond acceptors (Lipinski definition) is 22. The summed E-state index contributed by atoms with van der Waals surface area (Å²) in [5.74, 6) is 1.09. The minimum Gasteiger partial charge on any atom is -0.498 e. The molecule has 6 aliphatic rings. The molecule has 14 rings (SSSR count). The zero-order valence-corrected chi connectivity index (χ0v) is 111. The van der Waals surface area contributed by atoms with Crippen molar-refractivity contribution in [3.63, 3.8) is 0 Å². The molecule has 8 heterocycles. The number of unbranched alkanes of at least 4 members (excludes halogenated alkanes) is 8. The molecular formula is C101H160Br4Cl2Li2N10O9S6Si4Sn2. The second kappa shape index (κ2) is 75.2. The Balaban J connectivity index is 0.00000154. The molecule has 6 aliphatic carbocycles. The van der Waals surface area contributed by atoms with Crippen LogP contribution in [-0.2, 0) is 47.9 Å². The smallest absolute Gasteiger partial charge is 0.498 e. The van der Waals surface area contributed by atoms with Gasteiger partial charge in [0.15, 0.2) is 26.9 Å². The number of rotatable bonds is 33. The van der Waals surface area contributed by atoms with Gasteiger partial charge in [0.1, 0.15) is 45.4 Å². The van der Waals surface area contributed by atoms with Gasteiger partial charge in [-0.3, -0.25) is 19.8 Å². The van der Waals surface area contributed by atoms with Crippen molar-refractivity contribution < 1.29 is 81.1 Å². The minimum atomic E-state index is -2.19. The van der Waals surface area contributed by atoms with Gasteiger partial charge < -0.3 is 28.4 Å². The van der Waals surface area contributed by atoms with E-state index in [1.54, 1.807) is 105 Å². The molecule has 0 radical (unpaired) electrons. The summed E-state index contributed by atoms with van der Waals surface area (Å²) < 4.78 is 30.2. The van der Waals surface area contributed by atoms with Gasteiger partial charge >= 0.3 is 298 Å². The number of nitrogens with zero attached hydrogens (tertiary/aromatic N) is 8. The number of carboxylic acids is 1. The molecule has 19 nitrogen and oxygen atoms in total. The number of halogens is 6. The predicted octanol–water partition coefficient (Wildman–Crippen LogP) is 26.4. The largest absolute Gasteiger partial charge is 1.00 e. The molecule has 39 heteroatoms. The number of nitrogens with one attached hydrogen (secondary N) is 2. The van der Waals surface area contributed by atoms with Crippen molar-refractivity contribution in [3.8, 4) is 0 Å². The number of carbonyl (C=O) groups is 6. The Kier molecular flexibility index (Phi) is 74.4. The number of ketones is 4. The van der Waals surface area contributed by atoms with Gasteiger partial charge in [-0.1, -0.05) is 105 Å². The Morgan fingerprint density at radius 2 is 0.879 bits per heavy atom. The number of aromatic amines is 2. The number of carbonyl (C=O) groups excluding carboxylic acids is 5. The third-order valence-electron chi connectivity index (χ3n) is 22.2. The molecule has 0 fully saturated rings. The molecule has 0 saturated heterocycles. The summed E-state index contributed by atoms with van der Waals surface area (Å²) in [6.45, 7) is 57.0. The van der Waals surface area contributed by atoms with E-state index in [1.807, 2.05) is 39.9 Å². The number of aromatic carboxylic acids is 1. The van der Waals surface area contributed by atoms with E-state index in [-0.39, 0.29) is 61.0 Å². The van der Waals surface area contributed by atoms with Crippen LogP contribution in [0.15, 0.2) is 98.3 Å². The summed E-state index contributed by atoms with van der Waals surface area (Å²) in [5.41, 5.74) is 13.0. The van der Waals surface area contributed by atoms with E-state index >= 15 is 0 Å². The van der Waals surface area contributed by atoms with E-state index in [0.29, 0.717) is 55.7 Å². The molecule has 0 aromatic carbocycles. The molecule has 0 spiro atoms. The van der Waals surface area contributed by atoms with Crippen LogP contribution in [0, 0.1) is 13.8 Å². The first-order valence-corrected chi connectivity index (χ1v) is 88.3. The van der Waals surface area contributed by atoms with Crippen LogP contribution in [0.3, 0.4) is 0 Å². The first kappa shape index (κ1) is 138. The van der Waals surface area contributed by atoms with Gasteiger partial charge in [-0.05, 0) is 120 Å². The van der Waals surface area contributed by atoms with Crippen LogP contribution in [0.25, 0.3) is 17.2 Å². The fourth-order valence-electron chi connectivity index (χ4n) is 14.9. The fourth-order valence-corrected chi connectivity index (χ4v) is 60.6. The second-order valence-electron chi connectivity index (χ2n) is 38.3. The molecule has 8 aromatic heterocycles. The van der Waals surface area contributed by atoms with Crippen LogP contribution in [0.4, 0.5) is 0 Å². The quantitative estimate of drug-likeness (QED) is 0.0113. The number of H-pyrrole nitrogens is 2. The summed E-state index contributed by atoms with van der Waals surface area (Å²) in [4.78, 5) is 93.6. The van der Waals surface area contributed by atoms with Crippen molar-refractivity contribution in [3.05, 3.63) is 163 Å². The number of alkyl halides is 1.